The summed E-state index contributed by atoms with van der Waals surface area (Å²) in [4.78, 5) is 25.0. The van der Waals surface area contributed by atoms with Gasteiger partial charge in [0.25, 0.3) is 0 Å². The summed E-state index contributed by atoms with van der Waals surface area (Å²) in [5.41, 5.74) is 0. The predicted molar refractivity (Wildman–Crippen MR) is 75.5 cm³/mol. The summed E-state index contributed by atoms with van der Waals surface area (Å²) in [5.74, 6) is -0.823. The largest absolute Gasteiger partial charge is 0.480 e. The molecule has 6 heteroatoms. The number of nitrogens with one attached hydrogen (secondary N) is 1. The minimum Gasteiger partial charge on any atom is -0.480 e. The Hall–Kier alpha value is -1.30. The predicted octanol–water partition coefficient (Wildman–Crippen LogP) is 1.43. The summed E-state index contributed by atoms with van der Waals surface area (Å²) < 4.78 is 0. The molecule has 0 aromatic carbocycles. The van der Waals surface area contributed by atoms with Gasteiger partial charge in [-0.2, -0.15) is 0 Å². The molecule has 2 amide bonds. The van der Waals surface area contributed by atoms with Crippen molar-refractivity contribution in [3.8, 4) is 0 Å². The maximum Gasteiger partial charge on any atom is 0.326 e. The number of aliphatic carboxylic acids is 1. The molecule has 3 N–H and O–H groups in total. The van der Waals surface area contributed by atoms with Gasteiger partial charge in [0.1, 0.15) is 6.04 Å². The van der Waals surface area contributed by atoms with E-state index in [4.69, 9.17) is 10.2 Å². The van der Waals surface area contributed by atoms with Gasteiger partial charge in [-0.25, -0.2) is 9.59 Å². The van der Waals surface area contributed by atoms with Gasteiger partial charge < -0.3 is 20.4 Å². The van der Waals surface area contributed by atoms with Crippen molar-refractivity contribution in [1.82, 2.24) is 10.2 Å². The van der Waals surface area contributed by atoms with Crippen LogP contribution < -0.4 is 5.32 Å². The van der Waals surface area contributed by atoms with Crippen molar-refractivity contribution < 1.29 is 19.8 Å². The van der Waals surface area contributed by atoms with Gasteiger partial charge in [-0.15, -0.1) is 0 Å². The number of hydrogen-bond donors (Lipinski definition) is 3. The molecule has 1 fully saturated rings. The quantitative estimate of drug-likeness (QED) is 0.660. The Morgan fingerprint density at radius 3 is 2.35 bits per heavy atom. The van der Waals surface area contributed by atoms with Crippen LogP contribution in [0.15, 0.2) is 0 Å². The molecule has 1 saturated carbocycles. The van der Waals surface area contributed by atoms with Gasteiger partial charge in [0, 0.05) is 12.6 Å². The number of rotatable bonds is 7. The third kappa shape index (κ3) is 5.00. The smallest absolute Gasteiger partial charge is 0.326 e. The third-order valence-electron chi connectivity index (χ3n) is 3.67. The maximum absolute atomic E-state index is 12.3. The van der Waals surface area contributed by atoms with Crippen molar-refractivity contribution in [2.75, 3.05) is 13.2 Å². The molecule has 0 heterocycles. The van der Waals surface area contributed by atoms with Crippen LogP contribution in [0.3, 0.4) is 0 Å². The highest BCUT2D eigenvalue weighted by Crippen LogP contribution is 2.23. The first-order valence-corrected chi connectivity index (χ1v) is 7.36. The molecule has 20 heavy (non-hydrogen) atoms. The minimum absolute atomic E-state index is 0.105. The van der Waals surface area contributed by atoms with Crippen LogP contribution in [0.4, 0.5) is 4.79 Å². The average molecular weight is 286 g/mol. The molecule has 0 aromatic rings. The lowest BCUT2D eigenvalue weighted by molar-refractivity contribution is -0.139. The molecule has 0 spiro atoms. The molecule has 0 bridgehead atoms. The molecule has 1 aliphatic carbocycles. The number of hydrogen-bond acceptors (Lipinski definition) is 3. The fourth-order valence-electron chi connectivity index (χ4n) is 2.70. The van der Waals surface area contributed by atoms with Crippen molar-refractivity contribution in [2.45, 2.75) is 58.0 Å². The lowest BCUT2D eigenvalue weighted by Crippen LogP contribution is -2.52. The number of aliphatic hydroxyl groups excluding tert-OH is 1. The number of carboxylic acid groups (broad SMARTS) is 1. The first-order chi connectivity index (χ1) is 9.45. The Morgan fingerprint density at radius 2 is 1.90 bits per heavy atom. The number of nitrogens with zero attached hydrogens (tertiary/aromatic N) is 1. The van der Waals surface area contributed by atoms with Crippen molar-refractivity contribution in [2.24, 2.45) is 5.92 Å². The van der Waals surface area contributed by atoms with E-state index in [1.807, 2.05) is 13.8 Å². The Bertz CT molecular complexity index is 327. The van der Waals surface area contributed by atoms with Gasteiger partial charge in [-0.3, -0.25) is 0 Å². The Kier molecular flexibility index (Phi) is 6.78. The van der Waals surface area contributed by atoms with Crippen molar-refractivity contribution in [3.05, 3.63) is 0 Å². The van der Waals surface area contributed by atoms with Crippen LogP contribution in [0.2, 0.25) is 0 Å². The number of carboxylic acids is 1. The summed E-state index contributed by atoms with van der Waals surface area (Å²) in [6.07, 6.45) is 4.41. The van der Waals surface area contributed by atoms with E-state index in [9.17, 15) is 9.59 Å². The van der Waals surface area contributed by atoms with E-state index in [0.29, 0.717) is 6.42 Å². The van der Waals surface area contributed by atoms with Crippen LogP contribution in [0, 0.1) is 5.92 Å². The van der Waals surface area contributed by atoms with Gasteiger partial charge in [-0.1, -0.05) is 26.7 Å². The number of aliphatic hydroxyl groups is 1. The molecule has 0 aromatic heterocycles. The van der Waals surface area contributed by atoms with E-state index >= 15 is 0 Å². The van der Waals surface area contributed by atoms with Crippen LogP contribution in [0.1, 0.15) is 46.0 Å². The fraction of sp³-hybridized carbons (Fsp3) is 0.857. The summed E-state index contributed by atoms with van der Waals surface area (Å²) >= 11 is 0. The second-order valence-corrected chi connectivity index (χ2v) is 5.83. The lowest BCUT2D eigenvalue weighted by Gasteiger charge is -2.30. The van der Waals surface area contributed by atoms with Gasteiger partial charge in [0.2, 0.25) is 0 Å². The molecule has 1 atom stereocenters. The molecule has 1 rings (SSSR count). The van der Waals surface area contributed by atoms with Crippen LogP contribution in [0.5, 0.6) is 0 Å². The van der Waals surface area contributed by atoms with E-state index < -0.39 is 12.0 Å². The molecular formula is C14H26N2O4. The molecule has 6 nitrogen and oxygen atoms in total. The van der Waals surface area contributed by atoms with Gasteiger partial charge in [-0.05, 0) is 25.2 Å². The zero-order valence-electron chi connectivity index (χ0n) is 12.3. The molecule has 0 radical (unpaired) electrons. The monoisotopic (exact) mass is 286 g/mol. The highest BCUT2D eigenvalue weighted by molar-refractivity contribution is 5.82. The Labute approximate surface area is 120 Å². The Morgan fingerprint density at radius 1 is 1.30 bits per heavy atom. The number of amides is 2. The molecule has 1 aliphatic rings. The lowest BCUT2D eigenvalue weighted by atomic mass is 10.0. The van der Waals surface area contributed by atoms with Crippen LogP contribution in [-0.2, 0) is 4.79 Å². The van der Waals surface area contributed by atoms with Crippen molar-refractivity contribution in [3.63, 3.8) is 0 Å². The maximum atomic E-state index is 12.3. The highest BCUT2D eigenvalue weighted by atomic mass is 16.4. The van der Waals surface area contributed by atoms with E-state index in [2.05, 4.69) is 5.32 Å². The van der Waals surface area contributed by atoms with Gasteiger partial charge >= 0.3 is 12.0 Å². The van der Waals surface area contributed by atoms with Gasteiger partial charge in [0.15, 0.2) is 0 Å². The fourth-order valence-corrected chi connectivity index (χ4v) is 2.70. The third-order valence-corrected chi connectivity index (χ3v) is 3.67. The first kappa shape index (κ1) is 16.8. The number of carbonyl (C=O) groups is 2. The zero-order chi connectivity index (χ0) is 15.1. The van der Waals surface area contributed by atoms with Crippen LogP contribution in [0.25, 0.3) is 0 Å². The first-order valence-electron chi connectivity index (χ1n) is 7.36. The van der Waals surface area contributed by atoms with E-state index in [1.54, 1.807) is 4.90 Å². The van der Waals surface area contributed by atoms with Crippen LogP contribution >= 0.6 is 0 Å². The normalized spacial score (nSPS) is 17.2. The summed E-state index contributed by atoms with van der Waals surface area (Å²) in [6.45, 7) is 3.99. The zero-order valence-corrected chi connectivity index (χ0v) is 12.3. The Balaban J connectivity index is 2.65. The second kappa shape index (κ2) is 8.09. The second-order valence-electron chi connectivity index (χ2n) is 5.83. The standard InChI is InChI=1S/C14H26N2O4/c1-10(2)9-12(13(18)19)15-14(20)16(7-8-17)11-5-3-4-6-11/h10-12,17H,3-9H2,1-2H3,(H,15,20)(H,18,19)/t12-/m1/s1. The van der Waals surface area contributed by atoms with Crippen molar-refractivity contribution in [1.29, 1.82) is 0 Å². The summed E-state index contributed by atoms with van der Waals surface area (Å²) in [6, 6.07) is -1.13. The summed E-state index contributed by atoms with van der Waals surface area (Å²) in [5, 5.41) is 20.8. The number of carbonyl (C=O) groups excluding carboxylic acids is 1. The summed E-state index contributed by atoms with van der Waals surface area (Å²) in [7, 11) is 0. The average Bonchev–Trinajstić information content (AvgIpc) is 2.87. The van der Waals surface area contributed by atoms with E-state index in [-0.39, 0.29) is 31.1 Å². The van der Waals surface area contributed by atoms with E-state index in [1.165, 1.54) is 0 Å². The van der Waals surface area contributed by atoms with E-state index in [0.717, 1.165) is 25.7 Å². The SMILES string of the molecule is CC(C)C[C@@H](NC(=O)N(CCO)C1CCCC1)C(=O)O. The molecule has 0 saturated heterocycles. The minimum atomic E-state index is -1.01. The highest BCUT2D eigenvalue weighted by Gasteiger charge is 2.29. The molecular weight excluding hydrogens is 260 g/mol. The number of urea groups is 1. The van der Waals surface area contributed by atoms with Gasteiger partial charge in [0.05, 0.1) is 6.61 Å². The van der Waals surface area contributed by atoms with Crippen LogP contribution in [-0.4, -0.2) is 52.3 Å². The molecule has 0 aliphatic heterocycles. The topological polar surface area (TPSA) is 89.9 Å². The molecule has 0 unspecified atom stereocenters. The van der Waals surface area contributed by atoms with Crippen molar-refractivity contribution >= 4 is 12.0 Å². The molecule has 116 valence electrons.